The monoisotopic (exact) mass is 371 g/mol. The van der Waals surface area contributed by atoms with Crippen molar-refractivity contribution in [1.29, 1.82) is 0 Å². The number of nitrogens with zero attached hydrogens (tertiary/aromatic N) is 1. The van der Waals surface area contributed by atoms with Gasteiger partial charge < -0.3 is 0 Å². The van der Waals surface area contributed by atoms with E-state index in [0.717, 1.165) is 16.1 Å². The van der Waals surface area contributed by atoms with Crippen LogP contribution >= 0.6 is 11.3 Å². The molecular formula is C18H17N3O2S2. The largest absolute Gasteiger partial charge is 0.332 e. The van der Waals surface area contributed by atoms with Crippen molar-refractivity contribution < 1.29 is 9.00 Å². The van der Waals surface area contributed by atoms with E-state index in [-0.39, 0.29) is 0 Å². The molecule has 0 aliphatic rings. The quantitative estimate of drug-likeness (QED) is 0.719. The van der Waals surface area contributed by atoms with Gasteiger partial charge in [-0.05, 0) is 26.0 Å². The number of anilines is 1. The summed E-state index contributed by atoms with van der Waals surface area (Å²) in [5, 5.41) is 4.22. The van der Waals surface area contributed by atoms with Gasteiger partial charge in [0, 0.05) is 5.56 Å². The van der Waals surface area contributed by atoms with Crippen LogP contribution in [0, 0.1) is 13.8 Å². The smallest absolute Gasteiger partial charge is 0.297 e. The normalized spacial score (nSPS) is 11.8. The van der Waals surface area contributed by atoms with Gasteiger partial charge in [0.2, 0.25) is 0 Å². The van der Waals surface area contributed by atoms with Crippen molar-refractivity contribution in [3.63, 3.8) is 0 Å². The highest BCUT2D eigenvalue weighted by molar-refractivity contribution is 7.83. The summed E-state index contributed by atoms with van der Waals surface area (Å²) in [5.41, 5.74) is 2.69. The third-order valence-corrected chi connectivity index (χ3v) is 5.39. The van der Waals surface area contributed by atoms with Gasteiger partial charge in [0.05, 0.1) is 9.90 Å². The first kappa shape index (κ1) is 17.3. The number of hydrogen-bond acceptors (Lipinski definition) is 4. The third-order valence-electron chi connectivity index (χ3n) is 3.43. The van der Waals surface area contributed by atoms with Crippen LogP contribution in [-0.2, 0) is 11.0 Å². The zero-order chi connectivity index (χ0) is 17.8. The molecule has 0 saturated carbocycles. The Hall–Kier alpha value is -2.51. The van der Waals surface area contributed by atoms with Gasteiger partial charge in [-0.1, -0.05) is 48.0 Å². The molecule has 0 aliphatic carbocycles. The molecule has 7 heteroatoms. The predicted molar refractivity (Wildman–Crippen MR) is 102 cm³/mol. The minimum absolute atomic E-state index is 0.528. The Bertz CT molecular complexity index is 906. The summed E-state index contributed by atoms with van der Waals surface area (Å²) < 4.78 is 14.7. The number of amides is 2. The minimum Gasteiger partial charge on any atom is -0.297 e. The molecule has 2 N–H and O–H groups in total. The van der Waals surface area contributed by atoms with Crippen LogP contribution in [-0.4, -0.2) is 15.2 Å². The van der Waals surface area contributed by atoms with E-state index in [1.54, 1.807) is 12.1 Å². The number of benzene rings is 2. The molecule has 1 heterocycles. The van der Waals surface area contributed by atoms with Crippen LogP contribution in [0.2, 0.25) is 0 Å². The van der Waals surface area contributed by atoms with Gasteiger partial charge in [-0.3, -0.25) is 10.0 Å². The van der Waals surface area contributed by atoms with Crippen molar-refractivity contribution in [1.82, 2.24) is 9.71 Å². The Balaban J connectivity index is 1.73. The molecule has 0 fully saturated rings. The Morgan fingerprint density at radius 3 is 2.40 bits per heavy atom. The Kier molecular flexibility index (Phi) is 5.25. The molecule has 0 radical (unpaired) electrons. The van der Waals surface area contributed by atoms with Gasteiger partial charge in [-0.25, -0.2) is 14.0 Å². The molecule has 1 unspecified atom stereocenters. The lowest BCUT2D eigenvalue weighted by Crippen LogP contribution is -2.30. The van der Waals surface area contributed by atoms with E-state index in [1.165, 1.54) is 11.3 Å². The first-order valence-corrected chi connectivity index (χ1v) is 9.58. The van der Waals surface area contributed by atoms with Crippen LogP contribution < -0.4 is 10.0 Å². The van der Waals surface area contributed by atoms with Crippen LogP contribution in [0.1, 0.15) is 10.6 Å². The van der Waals surface area contributed by atoms with Crippen LogP contribution in [0.4, 0.5) is 9.80 Å². The van der Waals surface area contributed by atoms with E-state index in [2.05, 4.69) is 15.0 Å². The molecule has 0 spiro atoms. The summed E-state index contributed by atoms with van der Waals surface area (Å²) in [4.78, 5) is 17.2. The van der Waals surface area contributed by atoms with E-state index < -0.39 is 17.0 Å². The highest BCUT2D eigenvalue weighted by atomic mass is 32.2. The number of aryl methyl sites for hydroxylation is 2. The third kappa shape index (κ3) is 4.32. The summed E-state index contributed by atoms with van der Waals surface area (Å²) in [7, 11) is -1.62. The number of rotatable bonds is 4. The minimum atomic E-state index is -1.62. The number of nitrogens with one attached hydrogen (secondary N) is 2. The van der Waals surface area contributed by atoms with E-state index in [9.17, 15) is 9.00 Å². The molecule has 1 atom stereocenters. The maximum Gasteiger partial charge on any atom is 0.332 e. The van der Waals surface area contributed by atoms with Gasteiger partial charge in [0.25, 0.3) is 0 Å². The summed E-state index contributed by atoms with van der Waals surface area (Å²) in [6, 6.07) is 16.3. The van der Waals surface area contributed by atoms with E-state index in [4.69, 9.17) is 0 Å². The maximum atomic E-state index is 12.2. The highest BCUT2D eigenvalue weighted by Gasteiger charge is 2.15. The van der Waals surface area contributed by atoms with Gasteiger partial charge >= 0.3 is 6.03 Å². The molecular weight excluding hydrogens is 354 g/mol. The number of aromatic nitrogens is 1. The number of hydrogen-bond donors (Lipinski definition) is 2. The van der Waals surface area contributed by atoms with Crippen molar-refractivity contribution in [3.8, 4) is 11.3 Å². The first-order valence-electron chi connectivity index (χ1n) is 7.62. The Morgan fingerprint density at radius 2 is 1.72 bits per heavy atom. The first-order chi connectivity index (χ1) is 12.0. The molecule has 0 aliphatic heterocycles. The fourth-order valence-corrected chi connectivity index (χ4v) is 3.79. The molecule has 5 nitrogen and oxygen atoms in total. The van der Waals surface area contributed by atoms with Crippen molar-refractivity contribution in [2.75, 3.05) is 5.32 Å². The lowest BCUT2D eigenvalue weighted by atomic mass is 10.2. The van der Waals surface area contributed by atoms with Crippen molar-refractivity contribution in [2.45, 2.75) is 18.7 Å². The molecule has 2 amide bonds. The molecule has 2 aromatic carbocycles. The number of carbonyl (C=O) groups excluding carboxylic acids is 1. The average molecular weight is 371 g/mol. The van der Waals surface area contributed by atoms with Crippen molar-refractivity contribution in [3.05, 3.63) is 65.2 Å². The van der Waals surface area contributed by atoms with Gasteiger partial charge in [0.15, 0.2) is 11.0 Å². The maximum absolute atomic E-state index is 12.2. The summed E-state index contributed by atoms with van der Waals surface area (Å²) in [6.45, 7) is 3.83. The molecule has 0 bridgehead atoms. The zero-order valence-corrected chi connectivity index (χ0v) is 15.4. The second kappa shape index (κ2) is 7.58. The van der Waals surface area contributed by atoms with Crippen molar-refractivity contribution >= 4 is 33.4 Å². The fourth-order valence-electron chi connectivity index (χ4n) is 2.24. The molecule has 0 saturated heterocycles. The van der Waals surface area contributed by atoms with Crippen LogP contribution in [0.3, 0.4) is 0 Å². The summed E-state index contributed by atoms with van der Waals surface area (Å²) in [6.07, 6.45) is 0. The van der Waals surface area contributed by atoms with Crippen molar-refractivity contribution in [2.24, 2.45) is 0 Å². The van der Waals surface area contributed by atoms with Crippen LogP contribution in [0.15, 0.2) is 59.5 Å². The number of carbonyl (C=O) groups is 1. The molecule has 3 rings (SSSR count). The van der Waals surface area contributed by atoms with E-state index in [1.807, 2.05) is 56.3 Å². The zero-order valence-electron chi connectivity index (χ0n) is 13.8. The molecule has 1 aromatic heterocycles. The average Bonchev–Trinajstić information content (AvgIpc) is 2.96. The van der Waals surface area contributed by atoms with E-state index in [0.29, 0.717) is 15.6 Å². The fraction of sp³-hybridized carbons (Fsp3) is 0.111. The number of thiazole rings is 1. The van der Waals surface area contributed by atoms with Crippen LogP contribution in [0.25, 0.3) is 11.3 Å². The van der Waals surface area contributed by atoms with Crippen LogP contribution in [0.5, 0.6) is 0 Å². The lowest BCUT2D eigenvalue weighted by Gasteiger charge is -2.07. The summed E-state index contributed by atoms with van der Waals surface area (Å²) >= 11 is 1.38. The topological polar surface area (TPSA) is 71.1 Å². The van der Waals surface area contributed by atoms with Gasteiger partial charge in [0.1, 0.15) is 10.7 Å². The molecule has 25 heavy (non-hydrogen) atoms. The van der Waals surface area contributed by atoms with Gasteiger partial charge in [-0.15, -0.1) is 11.3 Å². The van der Waals surface area contributed by atoms with E-state index >= 15 is 0 Å². The predicted octanol–water partition coefficient (Wildman–Crippen LogP) is 4.27. The van der Waals surface area contributed by atoms with Gasteiger partial charge in [-0.2, -0.15) is 0 Å². The Labute approximate surface area is 152 Å². The molecule has 3 aromatic rings. The molecule has 128 valence electrons. The second-order valence-corrected chi connectivity index (χ2v) is 7.83. The number of urea groups is 1. The standard InChI is InChI=1S/C18H17N3O2S2/c1-12-8-10-15(11-9-12)25(23)21-18(22)20-17-16(19-13(2)24-17)14-6-4-3-5-7-14/h3-11H,1-2H3,(H2,20,21,22). The highest BCUT2D eigenvalue weighted by Crippen LogP contribution is 2.32. The lowest BCUT2D eigenvalue weighted by molar-refractivity contribution is 0.257. The SMILES string of the molecule is Cc1ccc(S(=O)NC(=O)Nc2sc(C)nc2-c2ccccc2)cc1. The Morgan fingerprint density at radius 1 is 1.04 bits per heavy atom. The summed E-state index contributed by atoms with van der Waals surface area (Å²) in [5.74, 6) is 0. The second-order valence-electron chi connectivity index (χ2n) is 5.41.